The topological polar surface area (TPSA) is 85.9 Å². The monoisotopic (exact) mass is 390 g/mol. The average molecular weight is 390 g/mol. The Morgan fingerprint density at radius 3 is 2.34 bits per heavy atom. The van der Waals surface area contributed by atoms with Gasteiger partial charge in [0.1, 0.15) is 5.75 Å². The fourth-order valence-corrected chi connectivity index (χ4v) is 2.75. The van der Waals surface area contributed by atoms with Crippen molar-refractivity contribution in [2.45, 2.75) is 0 Å². The van der Waals surface area contributed by atoms with Gasteiger partial charge in [-0.05, 0) is 48.5 Å². The van der Waals surface area contributed by atoms with Gasteiger partial charge >= 0.3 is 0 Å². The molecule has 1 heterocycles. The molecular formula is C22H18N2O5. The number of nitrogens with one attached hydrogen (secondary N) is 2. The van der Waals surface area contributed by atoms with Crippen molar-refractivity contribution < 1.29 is 23.8 Å². The molecule has 3 aromatic rings. The van der Waals surface area contributed by atoms with Crippen molar-refractivity contribution in [1.82, 2.24) is 0 Å². The molecule has 0 aromatic heterocycles. The first kappa shape index (κ1) is 18.4. The van der Waals surface area contributed by atoms with Gasteiger partial charge in [-0.15, -0.1) is 0 Å². The van der Waals surface area contributed by atoms with E-state index in [1.807, 2.05) is 6.07 Å². The SMILES string of the molecule is O=C(COc1ccc(NC(=O)c2ccccc2)cc1)Nc1ccc2c(c1)OCO2. The van der Waals surface area contributed by atoms with Gasteiger partial charge in [-0.1, -0.05) is 18.2 Å². The summed E-state index contributed by atoms with van der Waals surface area (Å²) in [5, 5.41) is 5.55. The molecule has 7 heteroatoms. The van der Waals surface area contributed by atoms with E-state index in [-0.39, 0.29) is 25.2 Å². The number of hydrogen-bond donors (Lipinski definition) is 2. The molecule has 0 fully saturated rings. The number of benzene rings is 3. The van der Waals surface area contributed by atoms with Crippen molar-refractivity contribution in [2.24, 2.45) is 0 Å². The van der Waals surface area contributed by atoms with Crippen molar-refractivity contribution in [1.29, 1.82) is 0 Å². The predicted molar refractivity (Wildman–Crippen MR) is 108 cm³/mol. The molecule has 1 aliphatic rings. The number of rotatable bonds is 6. The molecule has 0 unspecified atom stereocenters. The highest BCUT2D eigenvalue weighted by Gasteiger charge is 2.14. The van der Waals surface area contributed by atoms with E-state index >= 15 is 0 Å². The Balaban J connectivity index is 1.27. The lowest BCUT2D eigenvalue weighted by Gasteiger charge is -2.09. The summed E-state index contributed by atoms with van der Waals surface area (Å²) in [6, 6.07) is 20.9. The van der Waals surface area contributed by atoms with Gasteiger partial charge in [-0.2, -0.15) is 0 Å². The van der Waals surface area contributed by atoms with Gasteiger partial charge in [0.15, 0.2) is 18.1 Å². The number of ether oxygens (including phenoxy) is 3. The molecule has 0 aliphatic carbocycles. The molecule has 0 saturated heterocycles. The van der Waals surface area contributed by atoms with E-state index in [1.54, 1.807) is 66.7 Å². The summed E-state index contributed by atoms with van der Waals surface area (Å²) in [6.07, 6.45) is 0. The van der Waals surface area contributed by atoms with Crippen molar-refractivity contribution >= 4 is 23.2 Å². The average Bonchev–Trinajstić information content (AvgIpc) is 3.22. The molecule has 0 saturated carbocycles. The van der Waals surface area contributed by atoms with Gasteiger partial charge in [-0.3, -0.25) is 9.59 Å². The summed E-state index contributed by atoms with van der Waals surface area (Å²) in [5.41, 5.74) is 1.81. The Hall–Kier alpha value is -4.00. The van der Waals surface area contributed by atoms with Crippen LogP contribution in [-0.4, -0.2) is 25.2 Å². The molecule has 0 atom stereocenters. The number of carbonyl (C=O) groups excluding carboxylic acids is 2. The Kier molecular flexibility index (Phi) is 5.29. The minimum atomic E-state index is -0.301. The first-order valence-corrected chi connectivity index (χ1v) is 8.96. The van der Waals surface area contributed by atoms with E-state index < -0.39 is 0 Å². The van der Waals surface area contributed by atoms with Gasteiger partial charge in [0, 0.05) is 23.0 Å². The van der Waals surface area contributed by atoms with Crippen LogP contribution in [0.3, 0.4) is 0 Å². The molecule has 0 bridgehead atoms. The van der Waals surface area contributed by atoms with Gasteiger partial charge < -0.3 is 24.8 Å². The van der Waals surface area contributed by atoms with Gasteiger partial charge in [-0.25, -0.2) is 0 Å². The van der Waals surface area contributed by atoms with Gasteiger partial charge in [0.2, 0.25) is 6.79 Å². The smallest absolute Gasteiger partial charge is 0.262 e. The van der Waals surface area contributed by atoms with Crippen molar-refractivity contribution in [3.8, 4) is 17.2 Å². The quantitative estimate of drug-likeness (QED) is 0.671. The highest BCUT2D eigenvalue weighted by molar-refractivity contribution is 6.04. The molecular weight excluding hydrogens is 372 g/mol. The number of hydrogen-bond acceptors (Lipinski definition) is 5. The van der Waals surface area contributed by atoms with E-state index in [2.05, 4.69) is 10.6 Å². The van der Waals surface area contributed by atoms with Crippen molar-refractivity contribution in [3.63, 3.8) is 0 Å². The Bertz CT molecular complexity index is 1020. The zero-order chi connectivity index (χ0) is 20.1. The molecule has 7 nitrogen and oxygen atoms in total. The number of anilines is 2. The largest absolute Gasteiger partial charge is 0.484 e. The maximum Gasteiger partial charge on any atom is 0.262 e. The molecule has 0 spiro atoms. The minimum Gasteiger partial charge on any atom is -0.484 e. The molecule has 146 valence electrons. The van der Waals surface area contributed by atoms with E-state index in [0.29, 0.717) is 34.2 Å². The Labute approximate surface area is 167 Å². The maximum atomic E-state index is 12.1. The summed E-state index contributed by atoms with van der Waals surface area (Å²) >= 11 is 0. The normalized spacial score (nSPS) is 11.6. The summed E-state index contributed by atoms with van der Waals surface area (Å²) in [6.45, 7) is 0.0296. The Morgan fingerprint density at radius 1 is 0.828 bits per heavy atom. The Morgan fingerprint density at radius 2 is 1.55 bits per heavy atom. The first-order chi connectivity index (χ1) is 14.2. The van der Waals surface area contributed by atoms with E-state index in [4.69, 9.17) is 14.2 Å². The highest BCUT2D eigenvalue weighted by Crippen LogP contribution is 2.34. The minimum absolute atomic E-state index is 0.149. The lowest BCUT2D eigenvalue weighted by molar-refractivity contribution is -0.118. The summed E-state index contributed by atoms with van der Waals surface area (Å²) in [5.74, 6) is 1.27. The van der Waals surface area contributed by atoms with Crippen LogP contribution in [0.4, 0.5) is 11.4 Å². The van der Waals surface area contributed by atoms with Gasteiger partial charge in [0.05, 0.1) is 0 Å². The molecule has 2 amide bonds. The second-order valence-corrected chi connectivity index (χ2v) is 6.25. The molecule has 29 heavy (non-hydrogen) atoms. The summed E-state index contributed by atoms with van der Waals surface area (Å²) in [4.78, 5) is 24.2. The van der Waals surface area contributed by atoms with Crippen LogP contribution in [0, 0.1) is 0 Å². The van der Waals surface area contributed by atoms with E-state index in [1.165, 1.54) is 0 Å². The van der Waals surface area contributed by atoms with E-state index in [9.17, 15) is 9.59 Å². The van der Waals surface area contributed by atoms with Crippen LogP contribution in [0.2, 0.25) is 0 Å². The molecule has 2 N–H and O–H groups in total. The fourth-order valence-electron chi connectivity index (χ4n) is 2.75. The van der Waals surface area contributed by atoms with Crippen molar-refractivity contribution in [2.75, 3.05) is 24.0 Å². The second-order valence-electron chi connectivity index (χ2n) is 6.25. The third-order valence-electron chi connectivity index (χ3n) is 4.17. The van der Waals surface area contributed by atoms with Crippen LogP contribution in [0.1, 0.15) is 10.4 Å². The highest BCUT2D eigenvalue weighted by atomic mass is 16.7. The van der Waals surface area contributed by atoms with Crippen LogP contribution in [0.5, 0.6) is 17.2 Å². The third-order valence-corrected chi connectivity index (χ3v) is 4.17. The lowest BCUT2D eigenvalue weighted by Crippen LogP contribution is -2.20. The fraction of sp³-hybridized carbons (Fsp3) is 0.0909. The zero-order valence-electron chi connectivity index (χ0n) is 15.4. The van der Waals surface area contributed by atoms with Crippen LogP contribution in [0.25, 0.3) is 0 Å². The van der Waals surface area contributed by atoms with Gasteiger partial charge in [0.25, 0.3) is 11.8 Å². The van der Waals surface area contributed by atoms with Crippen molar-refractivity contribution in [3.05, 3.63) is 78.4 Å². The zero-order valence-corrected chi connectivity index (χ0v) is 15.4. The summed E-state index contributed by atoms with van der Waals surface area (Å²) in [7, 11) is 0. The lowest BCUT2D eigenvalue weighted by atomic mass is 10.2. The molecule has 4 rings (SSSR count). The number of fused-ring (bicyclic) bond motifs is 1. The second kappa shape index (κ2) is 8.35. The third kappa shape index (κ3) is 4.65. The van der Waals surface area contributed by atoms with Crippen LogP contribution >= 0.6 is 0 Å². The van der Waals surface area contributed by atoms with Crippen LogP contribution in [0.15, 0.2) is 72.8 Å². The molecule has 1 aliphatic heterocycles. The standard InChI is InChI=1S/C22H18N2O5/c25-21(23-17-8-11-19-20(12-17)29-14-28-19)13-27-18-9-6-16(7-10-18)24-22(26)15-4-2-1-3-5-15/h1-12H,13-14H2,(H,23,25)(H,24,26). The maximum absolute atomic E-state index is 12.1. The van der Waals surface area contributed by atoms with Crippen LogP contribution < -0.4 is 24.8 Å². The molecule has 3 aromatic carbocycles. The predicted octanol–water partition coefficient (Wildman–Crippen LogP) is 3.69. The number of carbonyl (C=O) groups is 2. The van der Waals surface area contributed by atoms with Crippen LogP contribution in [-0.2, 0) is 4.79 Å². The first-order valence-electron chi connectivity index (χ1n) is 8.96. The summed E-state index contributed by atoms with van der Waals surface area (Å²) < 4.78 is 16.0. The van der Waals surface area contributed by atoms with E-state index in [0.717, 1.165) is 0 Å². The number of amides is 2. The molecule has 0 radical (unpaired) electrons.